The first-order valence-electron chi connectivity index (χ1n) is 5.85. The van der Waals surface area contributed by atoms with E-state index in [-0.39, 0.29) is 18.4 Å². The summed E-state index contributed by atoms with van der Waals surface area (Å²) in [6.07, 6.45) is 0.0597. The first-order valence-corrected chi connectivity index (χ1v) is 7.46. The van der Waals surface area contributed by atoms with Crippen LogP contribution >= 0.6 is 27.3 Å². The van der Waals surface area contributed by atoms with Crippen LogP contribution in [0.2, 0.25) is 0 Å². The lowest BCUT2D eigenvalue weighted by Gasteiger charge is -2.16. The Labute approximate surface area is 124 Å². The maximum Gasteiger partial charge on any atom is 0.264 e. The number of nitrogens with one attached hydrogen (secondary N) is 1. The highest BCUT2D eigenvalue weighted by Gasteiger charge is 2.16. The normalized spacial score (nSPS) is 12.0. The Bertz CT molecular complexity index is 448. The molecule has 0 saturated carbocycles. The van der Waals surface area contributed by atoms with Gasteiger partial charge in [0.1, 0.15) is 0 Å². The maximum absolute atomic E-state index is 12.0. The Morgan fingerprint density at radius 3 is 2.74 bits per heavy atom. The fraction of sp³-hybridized carbons (Fsp3) is 0.500. The number of nitrogens with zero attached hydrogens (tertiary/aromatic N) is 1. The lowest BCUT2D eigenvalue weighted by Crippen LogP contribution is -2.38. The Hall–Kier alpha value is -0.920. The molecule has 106 valence electrons. The second-order valence-electron chi connectivity index (χ2n) is 4.25. The van der Waals surface area contributed by atoms with Crippen molar-refractivity contribution in [3.63, 3.8) is 0 Å². The van der Waals surface area contributed by atoms with Crippen LogP contribution in [0.25, 0.3) is 0 Å². The highest BCUT2D eigenvalue weighted by atomic mass is 79.9. The SMILES string of the molecule is CC(O)CCNC(=O)CN(C)C(=O)c1ccc(Br)s1. The molecule has 1 unspecified atom stereocenters. The van der Waals surface area contributed by atoms with E-state index in [0.29, 0.717) is 17.8 Å². The summed E-state index contributed by atoms with van der Waals surface area (Å²) in [7, 11) is 1.59. The van der Waals surface area contributed by atoms with E-state index in [0.717, 1.165) is 3.79 Å². The summed E-state index contributed by atoms with van der Waals surface area (Å²) < 4.78 is 0.880. The van der Waals surface area contributed by atoms with Crippen LogP contribution in [0.1, 0.15) is 23.0 Å². The van der Waals surface area contributed by atoms with Crippen molar-refractivity contribution >= 4 is 39.1 Å². The first-order chi connectivity index (χ1) is 8.90. The molecule has 0 radical (unpaired) electrons. The minimum Gasteiger partial charge on any atom is -0.393 e. The average Bonchev–Trinajstić information content (AvgIpc) is 2.74. The first kappa shape index (κ1) is 16.1. The van der Waals surface area contributed by atoms with Crippen LogP contribution in [0.3, 0.4) is 0 Å². The number of carbonyl (C=O) groups excluding carboxylic acids is 2. The number of rotatable bonds is 6. The van der Waals surface area contributed by atoms with Crippen molar-refractivity contribution in [3.05, 3.63) is 20.8 Å². The van der Waals surface area contributed by atoms with Crippen LogP contribution in [0.5, 0.6) is 0 Å². The molecule has 0 aliphatic carbocycles. The van der Waals surface area contributed by atoms with E-state index >= 15 is 0 Å². The van der Waals surface area contributed by atoms with Gasteiger partial charge in [0.25, 0.3) is 5.91 Å². The van der Waals surface area contributed by atoms with Crippen molar-refractivity contribution in [1.82, 2.24) is 10.2 Å². The molecule has 0 saturated heterocycles. The summed E-state index contributed by atoms with van der Waals surface area (Å²) in [6, 6.07) is 3.52. The third-order valence-electron chi connectivity index (χ3n) is 2.40. The van der Waals surface area contributed by atoms with Gasteiger partial charge in [0.2, 0.25) is 5.91 Å². The molecule has 1 atom stereocenters. The van der Waals surface area contributed by atoms with Crippen LogP contribution in [0.15, 0.2) is 15.9 Å². The minimum absolute atomic E-state index is 0.00810. The fourth-order valence-electron chi connectivity index (χ4n) is 1.38. The lowest BCUT2D eigenvalue weighted by atomic mass is 10.3. The van der Waals surface area contributed by atoms with Crippen molar-refractivity contribution in [2.75, 3.05) is 20.1 Å². The van der Waals surface area contributed by atoms with Crippen molar-refractivity contribution in [1.29, 1.82) is 0 Å². The van der Waals surface area contributed by atoms with Gasteiger partial charge in [0.05, 0.1) is 21.3 Å². The molecule has 0 aromatic carbocycles. The van der Waals surface area contributed by atoms with Gasteiger partial charge in [0, 0.05) is 13.6 Å². The van der Waals surface area contributed by atoms with Crippen molar-refractivity contribution in [2.24, 2.45) is 0 Å². The molecule has 0 fully saturated rings. The van der Waals surface area contributed by atoms with Crippen molar-refractivity contribution in [3.8, 4) is 0 Å². The molecular formula is C12H17BrN2O3S. The second kappa shape index (κ2) is 7.62. The standard InChI is InChI=1S/C12H17BrN2O3S/c1-8(16)5-6-14-11(17)7-15(2)12(18)9-3-4-10(13)19-9/h3-4,8,16H,5-7H2,1-2H3,(H,14,17). The molecule has 0 aliphatic rings. The van der Waals surface area contributed by atoms with Gasteiger partial charge in [-0.25, -0.2) is 0 Å². The van der Waals surface area contributed by atoms with Gasteiger partial charge in [-0.2, -0.15) is 0 Å². The van der Waals surface area contributed by atoms with Crippen LogP contribution in [0, 0.1) is 0 Å². The topological polar surface area (TPSA) is 69.6 Å². The Balaban J connectivity index is 2.39. The quantitative estimate of drug-likeness (QED) is 0.817. The summed E-state index contributed by atoms with van der Waals surface area (Å²) >= 11 is 4.63. The summed E-state index contributed by atoms with van der Waals surface area (Å²) in [5.74, 6) is -0.409. The largest absolute Gasteiger partial charge is 0.393 e. The zero-order valence-electron chi connectivity index (χ0n) is 10.9. The van der Waals surface area contributed by atoms with Gasteiger partial charge in [-0.1, -0.05) is 0 Å². The van der Waals surface area contributed by atoms with Gasteiger partial charge in [-0.15, -0.1) is 11.3 Å². The Kier molecular flexibility index (Phi) is 6.47. The van der Waals surface area contributed by atoms with Crippen LogP contribution in [0.4, 0.5) is 0 Å². The van der Waals surface area contributed by atoms with E-state index in [1.807, 2.05) is 0 Å². The monoisotopic (exact) mass is 348 g/mol. The average molecular weight is 349 g/mol. The van der Waals surface area contributed by atoms with E-state index in [1.165, 1.54) is 16.2 Å². The number of halogens is 1. The molecule has 1 heterocycles. The highest BCUT2D eigenvalue weighted by Crippen LogP contribution is 2.22. The summed E-state index contributed by atoms with van der Waals surface area (Å²) in [5.41, 5.74) is 0. The smallest absolute Gasteiger partial charge is 0.264 e. The van der Waals surface area contributed by atoms with Gasteiger partial charge < -0.3 is 15.3 Å². The Morgan fingerprint density at radius 2 is 2.21 bits per heavy atom. The molecule has 19 heavy (non-hydrogen) atoms. The molecule has 5 nitrogen and oxygen atoms in total. The third kappa shape index (κ3) is 5.71. The van der Waals surface area contributed by atoms with E-state index in [9.17, 15) is 9.59 Å². The van der Waals surface area contributed by atoms with Gasteiger partial charge in [0.15, 0.2) is 0 Å². The highest BCUT2D eigenvalue weighted by molar-refractivity contribution is 9.11. The number of amides is 2. The van der Waals surface area contributed by atoms with Crippen molar-refractivity contribution in [2.45, 2.75) is 19.4 Å². The molecule has 0 spiro atoms. The second-order valence-corrected chi connectivity index (χ2v) is 6.72. The predicted octanol–water partition coefficient (Wildman–Crippen LogP) is 1.47. The predicted molar refractivity (Wildman–Crippen MR) is 78.3 cm³/mol. The molecule has 1 aromatic heterocycles. The minimum atomic E-state index is -0.442. The number of thiophene rings is 1. The summed E-state index contributed by atoms with van der Waals surface area (Å²) in [6.45, 7) is 2.08. The molecule has 0 aliphatic heterocycles. The van der Waals surface area contributed by atoms with Crippen LogP contribution in [-0.4, -0.2) is 48.1 Å². The fourth-order valence-corrected chi connectivity index (χ4v) is 2.76. The number of carbonyl (C=O) groups is 2. The number of aliphatic hydroxyl groups is 1. The summed E-state index contributed by atoms with van der Waals surface area (Å²) in [5, 5.41) is 11.7. The lowest BCUT2D eigenvalue weighted by molar-refractivity contribution is -0.121. The Morgan fingerprint density at radius 1 is 1.53 bits per heavy atom. The molecule has 1 rings (SSSR count). The van der Waals surface area contributed by atoms with E-state index in [2.05, 4.69) is 21.2 Å². The molecular weight excluding hydrogens is 332 g/mol. The molecule has 1 aromatic rings. The number of hydrogen-bond donors (Lipinski definition) is 2. The number of likely N-dealkylation sites (N-methyl/N-ethyl adjacent to an activating group) is 1. The van der Waals surface area contributed by atoms with E-state index in [1.54, 1.807) is 26.1 Å². The van der Waals surface area contributed by atoms with Gasteiger partial charge in [-0.05, 0) is 41.4 Å². The van der Waals surface area contributed by atoms with Crippen molar-refractivity contribution < 1.29 is 14.7 Å². The van der Waals surface area contributed by atoms with E-state index < -0.39 is 6.10 Å². The van der Waals surface area contributed by atoms with Gasteiger partial charge >= 0.3 is 0 Å². The maximum atomic E-state index is 12.0. The third-order valence-corrected chi connectivity index (χ3v) is 4.01. The van der Waals surface area contributed by atoms with Crippen LogP contribution < -0.4 is 5.32 Å². The molecule has 2 N–H and O–H groups in total. The zero-order valence-corrected chi connectivity index (χ0v) is 13.3. The number of hydrogen-bond acceptors (Lipinski definition) is 4. The van der Waals surface area contributed by atoms with E-state index in [4.69, 9.17) is 5.11 Å². The molecule has 0 bridgehead atoms. The molecule has 2 amide bonds. The van der Waals surface area contributed by atoms with Gasteiger partial charge in [-0.3, -0.25) is 9.59 Å². The summed E-state index contributed by atoms with van der Waals surface area (Å²) in [4.78, 5) is 25.5. The molecule has 7 heteroatoms. The number of aliphatic hydroxyl groups excluding tert-OH is 1. The van der Waals surface area contributed by atoms with Crippen LogP contribution in [-0.2, 0) is 4.79 Å². The zero-order chi connectivity index (χ0) is 14.4.